The van der Waals surface area contributed by atoms with Crippen LogP contribution in [0.15, 0.2) is 30.3 Å². The molecule has 1 rings (SSSR count). The van der Waals surface area contributed by atoms with Crippen LogP contribution in [0.2, 0.25) is 0 Å². The molecule has 0 bridgehead atoms. The molecule has 0 saturated carbocycles. The smallest absolute Gasteiger partial charge is 0.122 e. The summed E-state index contributed by atoms with van der Waals surface area (Å²) in [5, 5.41) is 17.9. The van der Waals surface area contributed by atoms with Crippen molar-refractivity contribution in [1.29, 1.82) is 5.26 Å². The van der Waals surface area contributed by atoms with Crippen molar-refractivity contribution in [2.75, 3.05) is 0 Å². The number of hydrogen-bond donors (Lipinski definition) is 1. The van der Waals surface area contributed by atoms with E-state index in [1.54, 1.807) is 0 Å². The molecule has 1 radical (unpaired) electrons. The minimum atomic E-state index is 0.371. The molecule has 13 heavy (non-hydrogen) atoms. The van der Waals surface area contributed by atoms with E-state index in [2.05, 4.69) is 6.07 Å². The Morgan fingerprint density at radius 3 is 2.62 bits per heavy atom. The van der Waals surface area contributed by atoms with Crippen LogP contribution >= 0.6 is 0 Å². The number of aliphatic hydroxyl groups is 1. The summed E-state index contributed by atoms with van der Waals surface area (Å²) in [6.45, 7) is 0. The molecular formula is C11H12NO. The molecule has 1 aromatic carbocycles. The largest absolute Gasteiger partial charge is 0.382 e. The Morgan fingerprint density at radius 1 is 1.31 bits per heavy atom. The van der Waals surface area contributed by atoms with Crippen LogP contribution in [-0.4, -0.2) is 5.11 Å². The Bertz CT molecular complexity index is 276. The first kappa shape index (κ1) is 9.76. The third-order valence-electron chi connectivity index (χ3n) is 1.81. The number of aliphatic hydroxyl groups excluding tert-OH is 1. The number of benzene rings is 1. The predicted molar refractivity (Wildman–Crippen MR) is 50.2 cm³/mol. The van der Waals surface area contributed by atoms with Crippen molar-refractivity contribution < 1.29 is 5.11 Å². The Labute approximate surface area is 78.4 Å². The second-order valence-electron chi connectivity index (χ2n) is 2.82. The SMILES string of the molecule is N#CCCC[C](O)c1ccccc1. The topological polar surface area (TPSA) is 44.0 Å². The average molecular weight is 174 g/mol. The highest BCUT2D eigenvalue weighted by atomic mass is 16.3. The van der Waals surface area contributed by atoms with E-state index in [9.17, 15) is 5.11 Å². The lowest BCUT2D eigenvalue weighted by Crippen LogP contribution is -1.97. The van der Waals surface area contributed by atoms with Gasteiger partial charge in [0.05, 0.1) is 6.07 Å². The highest BCUT2D eigenvalue weighted by Crippen LogP contribution is 2.16. The van der Waals surface area contributed by atoms with Gasteiger partial charge in [0.25, 0.3) is 0 Å². The lowest BCUT2D eigenvalue weighted by Gasteiger charge is -2.07. The summed E-state index contributed by atoms with van der Waals surface area (Å²) in [7, 11) is 0. The van der Waals surface area contributed by atoms with Crippen LogP contribution in [0.4, 0.5) is 0 Å². The normalized spacial score (nSPS) is 9.92. The van der Waals surface area contributed by atoms with Gasteiger partial charge in [-0.25, -0.2) is 0 Å². The molecule has 0 aliphatic heterocycles. The first-order valence-electron chi connectivity index (χ1n) is 4.32. The fourth-order valence-electron chi connectivity index (χ4n) is 1.11. The minimum absolute atomic E-state index is 0.371. The fraction of sp³-hybridized carbons (Fsp3) is 0.273. The fourth-order valence-corrected chi connectivity index (χ4v) is 1.11. The number of nitriles is 1. The average Bonchev–Trinajstić information content (AvgIpc) is 2.19. The molecule has 1 aromatic rings. The van der Waals surface area contributed by atoms with Crippen molar-refractivity contribution >= 4 is 0 Å². The third-order valence-corrected chi connectivity index (χ3v) is 1.81. The summed E-state index contributed by atoms with van der Waals surface area (Å²) in [5.41, 5.74) is 0.848. The van der Waals surface area contributed by atoms with Gasteiger partial charge in [0.15, 0.2) is 0 Å². The summed E-state index contributed by atoms with van der Waals surface area (Å²) in [6, 6.07) is 11.5. The zero-order valence-electron chi connectivity index (χ0n) is 7.40. The zero-order valence-corrected chi connectivity index (χ0v) is 7.40. The monoisotopic (exact) mass is 174 g/mol. The van der Waals surface area contributed by atoms with Crippen molar-refractivity contribution in [1.82, 2.24) is 0 Å². The van der Waals surface area contributed by atoms with Crippen molar-refractivity contribution in [3.05, 3.63) is 42.0 Å². The lowest BCUT2D eigenvalue weighted by atomic mass is 10.0. The molecule has 0 saturated heterocycles. The Morgan fingerprint density at radius 2 is 2.00 bits per heavy atom. The van der Waals surface area contributed by atoms with Crippen LogP contribution in [0.1, 0.15) is 24.8 Å². The molecule has 0 heterocycles. The Hall–Kier alpha value is -1.33. The Kier molecular flexibility index (Phi) is 4.01. The molecule has 0 aromatic heterocycles. The summed E-state index contributed by atoms with van der Waals surface area (Å²) in [4.78, 5) is 0. The third kappa shape index (κ3) is 3.27. The molecule has 0 unspecified atom stereocenters. The second kappa shape index (κ2) is 5.34. The van der Waals surface area contributed by atoms with Gasteiger partial charge < -0.3 is 5.11 Å². The van der Waals surface area contributed by atoms with Gasteiger partial charge >= 0.3 is 0 Å². The van der Waals surface area contributed by atoms with Crippen molar-refractivity contribution in [2.24, 2.45) is 0 Å². The quantitative estimate of drug-likeness (QED) is 0.713. The molecule has 0 aliphatic carbocycles. The van der Waals surface area contributed by atoms with E-state index in [4.69, 9.17) is 5.26 Å². The number of nitrogens with zero attached hydrogens (tertiary/aromatic N) is 1. The molecule has 1 N–H and O–H groups in total. The van der Waals surface area contributed by atoms with Gasteiger partial charge in [-0.3, -0.25) is 0 Å². The maximum absolute atomic E-state index is 9.55. The highest BCUT2D eigenvalue weighted by Gasteiger charge is 2.06. The number of hydrogen-bond acceptors (Lipinski definition) is 2. The van der Waals surface area contributed by atoms with Gasteiger partial charge in [-0.2, -0.15) is 5.26 Å². The predicted octanol–water partition coefficient (Wildman–Crippen LogP) is 2.63. The van der Waals surface area contributed by atoms with Crippen LogP contribution in [-0.2, 0) is 0 Å². The Balaban J connectivity index is 2.41. The standard InChI is InChI=1S/C11H12NO/c12-9-5-4-8-11(13)10-6-2-1-3-7-10/h1-3,6-7,13H,4-5,8H2. The van der Waals surface area contributed by atoms with E-state index in [0.29, 0.717) is 18.9 Å². The first-order valence-corrected chi connectivity index (χ1v) is 4.32. The number of rotatable bonds is 4. The zero-order chi connectivity index (χ0) is 9.52. The molecular weight excluding hydrogens is 162 g/mol. The summed E-state index contributed by atoms with van der Waals surface area (Å²) < 4.78 is 0. The van der Waals surface area contributed by atoms with Gasteiger partial charge in [-0.05, 0) is 18.4 Å². The molecule has 2 heteroatoms. The van der Waals surface area contributed by atoms with Crippen LogP contribution in [0.3, 0.4) is 0 Å². The minimum Gasteiger partial charge on any atom is -0.382 e. The summed E-state index contributed by atoms with van der Waals surface area (Å²) in [5.74, 6) is 0. The molecule has 0 aliphatic rings. The van der Waals surface area contributed by atoms with E-state index < -0.39 is 0 Å². The summed E-state index contributed by atoms with van der Waals surface area (Å²) >= 11 is 0. The van der Waals surface area contributed by atoms with Crippen molar-refractivity contribution in [3.63, 3.8) is 0 Å². The van der Waals surface area contributed by atoms with Gasteiger partial charge in [-0.15, -0.1) is 0 Å². The first-order chi connectivity index (χ1) is 6.34. The molecule has 67 valence electrons. The van der Waals surface area contributed by atoms with E-state index in [0.717, 1.165) is 12.0 Å². The van der Waals surface area contributed by atoms with Gasteiger partial charge in [0, 0.05) is 6.42 Å². The van der Waals surface area contributed by atoms with Crippen LogP contribution in [0, 0.1) is 17.4 Å². The maximum atomic E-state index is 9.55. The molecule has 0 atom stereocenters. The molecule has 0 spiro atoms. The second-order valence-corrected chi connectivity index (χ2v) is 2.82. The summed E-state index contributed by atoms with van der Waals surface area (Å²) in [6.07, 6.45) is 2.17. The van der Waals surface area contributed by atoms with Gasteiger partial charge in [0.1, 0.15) is 6.10 Å². The van der Waals surface area contributed by atoms with Crippen molar-refractivity contribution in [2.45, 2.75) is 19.3 Å². The lowest BCUT2D eigenvalue weighted by molar-refractivity contribution is 0.309. The molecule has 0 fully saturated rings. The molecule has 0 amide bonds. The van der Waals surface area contributed by atoms with Gasteiger partial charge in [0.2, 0.25) is 0 Å². The van der Waals surface area contributed by atoms with E-state index in [1.807, 2.05) is 30.3 Å². The van der Waals surface area contributed by atoms with Gasteiger partial charge in [-0.1, -0.05) is 30.3 Å². The molecule has 2 nitrogen and oxygen atoms in total. The van der Waals surface area contributed by atoms with Crippen LogP contribution in [0.25, 0.3) is 0 Å². The van der Waals surface area contributed by atoms with Crippen molar-refractivity contribution in [3.8, 4) is 6.07 Å². The van der Waals surface area contributed by atoms with E-state index >= 15 is 0 Å². The number of unbranched alkanes of at least 4 members (excludes halogenated alkanes) is 1. The van der Waals surface area contributed by atoms with Crippen LogP contribution < -0.4 is 0 Å². The highest BCUT2D eigenvalue weighted by molar-refractivity contribution is 5.25. The maximum Gasteiger partial charge on any atom is 0.122 e. The van der Waals surface area contributed by atoms with E-state index in [-0.39, 0.29) is 0 Å². The van der Waals surface area contributed by atoms with E-state index in [1.165, 1.54) is 0 Å². The van der Waals surface area contributed by atoms with Crippen LogP contribution in [0.5, 0.6) is 0 Å².